The van der Waals surface area contributed by atoms with E-state index in [1.165, 1.54) is 55.6 Å². The van der Waals surface area contributed by atoms with E-state index in [0.717, 1.165) is 34.1 Å². The van der Waals surface area contributed by atoms with E-state index in [-0.39, 0.29) is 5.41 Å². The molecule has 2 nitrogen and oxygen atoms in total. The van der Waals surface area contributed by atoms with Gasteiger partial charge in [0.25, 0.3) is 0 Å². The standard InChI is InChI=1S/C57H44N2/c1-57(2)53-23-13-12-22-51(53)52-39-38-50(40-54(52)57)59(49-36-30-46(31-37-49)43-20-10-5-11-21-43)56-25-15-14-24-55(56)58(47-32-26-44(27-33-47)41-16-6-3-7-17-41)48-34-28-45(29-35-48)42-18-8-4-9-19-42/h3-40H,1-2H3. The maximum absolute atomic E-state index is 2.44. The highest BCUT2D eigenvalue weighted by Crippen LogP contribution is 2.52. The molecule has 0 saturated carbocycles. The Morgan fingerprint density at radius 1 is 0.271 bits per heavy atom. The van der Waals surface area contributed by atoms with E-state index in [1.807, 2.05) is 0 Å². The number of hydrogen-bond donors (Lipinski definition) is 0. The Morgan fingerprint density at radius 2 is 0.593 bits per heavy atom. The van der Waals surface area contributed by atoms with E-state index < -0.39 is 0 Å². The van der Waals surface area contributed by atoms with Gasteiger partial charge in [-0.1, -0.05) is 184 Å². The first-order chi connectivity index (χ1) is 29.0. The van der Waals surface area contributed by atoms with Crippen molar-refractivity contribution in [1.82, 2.24) is 0 Å². The highest BCUT2D eigenvalue weighted by molar-refractivity contribution is 5.93. The molecule has 9 aromatic rings. The van der Waals surface area contributed by atoms with Crippen molar-refractivity contribution in [2.75, 3.05) is 9.80 Å². The van der Waals surface area contributed by atoms with Crippen molar-refractivity contribution in [3.8, 4) is 44.5 Å². The molecular formula is C57H44N2. The first-order valence-electron chi connectivity index (χ1n) is 20.4. The lowest BCUT2D eigenvalue weighted by Crippen LogP contribution is -2.18. The van der Waals surface area contributed by atoms with Crippen molar-refractivity contribution in [2.45, 2.75) is 19.3 Å². The summed E-state index contributed by atoms with van der Waals surface area (Å²) in [4.78, 5) is 4.84. The minimum Gasteiger partial charge on any atom is -0.308 e. The Balaban J connectivity index is 1.15. The van der Waals surface area contributed by atoms with Gasteiger partial charge in [-0.15, -0.1) is 0 Å². The van der Waals surface area contributed by atoms with E-state index in [2.05, 4.69) is 254 Å². The summed E-state index contributed by atoms with van der Waals surface area (Å²) in [5, 5.41) is 0. The topological polar surface area (TPSA) is 6.48 Å². The van der Waals surface area contributed by atoms with Gasteiger partial charge in [-0.3, -0.25) is 0 Å². The van der Waals surface area contributed by atoms with E-state index in [9.17, 15) is 0 Å². The third-order valence-electron chi connectivity index (χ3n) is 11.9. The van der Waals surface area contributed by atoms with Crippen molar-refractivity contribution >= 4 is 34.1 Å². The molecule has 0 unspecified atom stereocenters. The normalized spacial score (nSPS) is 12.4. The van der Waals surface area contributed by atoms with Crippen molar-refractivity contribution in [1.29, 1.82) is 0 Å². The van der Waals surface area contributed by atoms with Gasteiger partial charge in [0, 0.05) is 28.2 Å². The van der Waals surface area contributed by atoms with Gasteiger partial charge >= 0.3 is 0 Å². The van der Waals surface area contributed by atoms with E-state index >= 15 is 0 Å². The summed E-state index contributed by atoms with van der Waals surface area (Å²) < 4.78 is 0. The second-order valence-electron chi connectivity index (χ2n) is 15.8. The molecule has 10 rings (SSSR count). The number of rotatable bonds is 9. The summed E-state index contributed by atoms with van der Waals surface area (Å²) >= 11 is 0. The Labute approximate surface area is 347 Å². The molecule has 0 N–H and O–H groups in total. The third kappa shape index (κ3) is 6.69. The lowest BCUT2D eigenvalue weighted by molar-refractivity contribution is 0.660. The predicted octanol–water partition coefficient (Wildman–Crippen LogP) is 15.9. The van der Waals surface area contributed by atoms with Gasteiger partial charge in [-0.05, 0) is 116 Å². The van der Waals surface area contributed by atoms with Crippen LogP contribution in [0.3, 0.4) is 0 Å². The number of benzene rings is 9. The van der Waals surface area contributed by atoms with E-state index in [4.69, 9.17) is 0 Å². The van der Waals surface area contributed by atoms with Gasteiger partial charge in [-0.25, -0.2) is 0 Å². The summed E-state index contributed by atoms with van der Waals surface area (Å²) in [5.74, 6) is 0. The molecule has 59 heavy (non-hydrogen) atoms. The highest BCUT2D eigenvalue weighted by Gasteiger charge is 2.36. The molecule has 2 heteroatoms. The second-order valence-corrected chi connectivity index (χ2v) is 15.8. The van der Waals surface area contributed by atoms with Crippen LogP contribution in [0.2, 0.25) is 0 Å². The van der Waals surface area contributed by atoms with Gasteiger partial charge < -0.3 is 9.80 Å². The zero-order valence-corrected chi connectivity index (χ0v) is 33.3. The Morgan fingerprint density at radius 3 is 1.03 bits per heavy atom. The quantitative estimate of drug-likeness (QED) is 0.145. The van der Waals surface area contributed by atoms with Crippen LogP contribution in [0.5, 0.6) is 0 Å². The number of nitrogens with zero attached hydrogens (tertiary/aromatic N) is 2. The van der Waals surface area contributed by atoms with Crippen LogP contribution in [0.1, 0.15) is 25.0 Å². The third-order valence-corrected chi connectivity index (χ3v) is 11.9. The zero-order valence-electron chi connectivity index (χ0n) is 33.3. The molecule has 0 amide bonds. The molecule has 0 fully saturated rings. The number of anilines is 6. The smallest absolute Gasteiger partial charge is 0.0702 e. The average Bonchev–Trinajstić information content (AvgIpc) is 3.54. The zero-order chi connectivity index (χ0) is 39.8. The molecule has 282 valence electrons. The van der Waals surface area contributed by atoms with Gasteiger partial charge in [-0.2, -0.15) is 0 Å². The van der Waals surface area contributed by atoms with Gasteiger partial charge in [0.2, 0.25) is 0 Å². The molecule has 0 aromatic heterocycles. The molecule has 0 radical (unpaired) electrons. The number of fused-ring (bicyclic) bond motifs is 3. The fourth-order valence-electron chi connectivity index (χ4n) is 8.83. The summed E-state index contributed by atoms with van der Waals surface area (Å²) in [7, 11) is 0. The first kappa shape index (κ1) is 36.0. The van der Waals surface area contributed by atoms with Crippen molar-refractivity contribution in [2.24, 2.45) is 0 Å². The minimum atomic E-state index is -0.142. The van der Waals surface area contributed by atoms with Gasteiger partial charge in [0.15, 0.2) is 0 Å². The Hall–Kier alpha value is -7.42. The SMILES string of the molecule is CC1(C)c2ccccc2-c2ccc(N(c3ccc(-c4ccccc4)cc3)c3ccccc3N(c3ccc(-c4ccccc4)cc3)c3ccc(-c4ccccc4)cc3)cc21. The second kappa shape index (κ2) is 15.2. The van der Waals surface area contributed by atoms with Gasteiger partial charge in [0.1, 0.15) is 0 Å². The highest BCUT2D eigenvalue weighted by atomic mass is 15.2. The maximum Gasteiger partial charge on any atom is 0.0702 e. The summed E-state index contributed by atoms with van der Waals surface area (Å²) in [6.07, 6.45) is 0. The molecule has 0 spiro atoms. The van der Waals surface area contributed by atoms with Gasteiger partial charge in [0.05, 0.1) is 11.4 Å². The number of hydrogen-bond acceptors (Lipinski definition) is 2. The number of para-hydroxylation sites is 2. The summed E-state index contributed by atoms with van der Waals surface area (Å²) in [6.45, 7) is 4.71. The summed E-state index contributed by atoms with van der Waals surface area (Å²) in [5.41, 5.74) is 18.9. The van der Waals surface area contributed by atoms with Crippen LogP contribution in [-0.2, 0) is 5.41 Å². The van der Waals surface area contributed by atoms with Crippen LogP contribution in [0.25, 0.3) is 44.5 Å². The molecule has 0 saturated heterocycles. The van der Waals surface area contributed by atoms with Crippen LogP contribution >= 0.6 is 0 Å². The largest absolute Gasteiger partial charge is 0.308 e. The van der Waals surface area contributed by atoms with E-state index in [0.29, 0.717) is 0 Å². The van der Waals surface area contributed by atoms with Crippen LogP contribution in [0, 0.1) is 0 Å². The summed E-state index contributed by atoms with van der Waals surface area (Å²) in [6, 6.07) is 83.5. The lowest BCUT2D eigenvalue weighted by Gasteiger charge is -2.34. The van der Waals surface area contributed by atoms with Crippen LogP contribution < -0.4 is 9.80 Å². The van der Waals surface area contributed by atoms with Crippen molar-refractivity contribution in [3.05, 3.63) is 242 Å². The lowest BCUT2D eigenvalue weighted by atomic mass is 9.82. The fraction of sp³-hybridized carbons (Fsp3) is 0.0526. The molecule has 0 aliphatic heterocycles. The fourth-order valence-corrected chi connectivity index (χ4v) is 8.83. The van der Waals surface area contributed by atoms with Crippen molar-refractivity contribution < 1.29 is 0 Å². The molecule has 1 aliphatic rings. The molecule has 1 aliphatic carbocycles. The van der Waals surface area contributed by atoms with E-state index in [1.54, 1.807) is 0 Å². The van der Waals surface area contributed by atoms with Crippen LogP contribution in [-0.4, -0.2) is 0 Å². The molecule has 9 aromatic carbocycles. The van der Waals surface area contributed by atoms with Crippen molar-refractivity contribution in [3.63, 3.8) is 0 Å². The monoisotopic (exact) mass is 756 g/mol. The van der Waals surface area contributed by atoms with Crippen LogP contribution in [0.4, 0.5) is 34.1 Å². The molecule has 0 bridgehead atoms. The maximum atomic E-state index is 2.44. The molecule has 0 heterocycles. The average molecular weight is 757 g/mol. The minimum absolute atomic E-state index is 0.142. The predicted molar refractivity (Wildman–Crippen MR) is 250 cm³/mol. The van der Waals surface area contributed by atoms with Crippen LogP contribution in [0.15, 0.2) is 231 Å². The Kier molecular flexibility index (Phi) is 9.24. The Bertz CT molecular complexity index is 2780. The first-order valence-corrected chi connectivity index (χ1v) is 20.4. The molecule has 0 atom stereocenters. The molecular weight excluding hydrogens is 713 g/mol.